The van der Waals surface area contributed by atoms with Gasteiger partial charge >= 0.3 is 0 Å². The molecule has 0 saturated carbocycles. The molecule has 154 valence electrons. The molecule has 0 N–H and O–H groups in total. The topological polar surface area (TPSA) is 73.8 Å². The molecule has 1 unspecified atom stereocenters. The molecule has 0 aliphatic heterocycles. The predicted octanol–water partition coefficient (Wildman–Crippen LogP) is 5.21. The van der Waals surface area contributed by atoms with Crippen LogP contribution < -0.4 is 5.56 Å². The van der Waals surface area contributed by atoms with Crippen LogP contribution in [-0.4, -0.2) is 19.7 Å². The lowest BCUT2D eigenvalue weighted by atomic mass is 9.89. The molecule has 0 radical (unpaired) electrons. The minimum atomic E-state index is -0.0291. The summed E-state index contributed by atoms with van der Waals surface area (Å²) >= 11 is 9.15. The van der Waals surface area contributed by atoms with Crippen molar-refractivity contribution in [2.24, 2.45) is 5.92 Å². The Bertz CT molecular complexity index is 1290. The molecule has 9 heteroatoms. The number of aromatic nitrogens is 4. The van der Waals surface area contributed by atoms with Crippen LogP contribution in [0.2, 0.25) is 5.02 Å². The zero-order chi connectivity index (χ0) is 20.8. The second-order valence-electron chi connectivity index (χ2n) is 7.55. The van der Waals surface area contributed by atoms with Crippen LogP contribution in [0.4, 0.5) is 0 Å². The monoisotopic (exact) mass is 458 g/mol. The predicted molar refractivity (Wildman–Crippen MR) is 120 cm³/mol. The molecule has 0 bridgehead atoms. The SMILES string of the molecule is Cc1nnc(CSc2nc3sc4c(c3c(=O)n2-c2ccc(Cl)cc2)CCC(C)C4)o1. The molecular formula is C21H19ClN4O2S2. The van der Waals surface area contributed by atoms with Gasteiger partial charge in [-0.05, 0) is 55.0 Å². The van der Waals surface area contributed by atoms with Crippen LogP contribution in [-0.2, 0) is 18.6 Å². The number of thioether (sulfide) groups is 1. The van der Waals surface area contributed by atoms with Crippen LogP contribution in [0, 0.1) is 12.8 Å². The molecule has 5 rings (SSSR count). The molecule has 0 fully saturated rings. The average Bonchev–Trinajstić information content (AvgIpc) is 3.30. The molecule has 0 saturated heterocycles. The number of hydrogen-bond donors (Lipinski definition) is 0. The van der Waals surface area contributed by atoms with Crippen molar-refractivity contribution in [2.45, 2.75) is 44.0 Å². The van der Waals surface area contributed by atoms with Gasteiger partial charge in [-0.3, -0.25) is 9.36 Å². The van der Waals surface area contributed by atoms with Gasteiger partial charge in [-0.15, -0.1) is 21.5 Å². The first-order valence-corrected chi connectivity index (χ1v) is 11.9. The van der Waals surface area contributed by atoms with Crippen molar-refractivity contribution in [3.8, 4) is 5.69 Å². The molecule has 3 heterocycles. The fourth-order valence-corrected chi connectivity index (χ4v) is 6.21. The minimum Gasteiger partial charge on any atom is -0.425 e. The maximum atomic E-state index is 13.7. The van der Waals surface area contributed by atoms with Gasteiger partial charge in [-0.1, -0.05) is 30.3 Å². The average molecular weight is 459 g/mol. The van der Waals surface area contributed by atoms with E-state index < -0.39 is 0 Å². The maximum Gasteiger partial charge on any atom is 0.267 e. The van der Waals surface area contributed by atoms with Crippen LogP contribution in [0.5, 0.6) is 0 Å². The van der Waals surface area contributed by atoms with Gasteiger partial charge in [0.05, 0.1) is 16.8 Å². The van der Waals surface area contributed by atoms with E-state index in [1.165, 1.54) is 22.2 Å². The van der Waals surface area contributed by atoms with Gasteiger partial charge < -0.3 is 4.42 Å². The Morgan fingerprint density at radius 3 is 2.83 bits per heavy atom. The molecular weight excluding hydrogens is 440 g/mol. The zero-order valence-electron chi connectivity index (χ0n) is 16.5. The molecule has 6 nitrogen and oxygen atoms in total. The van der Waals surface area contributed by atoms with E-state index in [9.17, 15) is 4.79 Å². The number of nitrogens with zero attached hydrogens (tertiary/aromatic N) is 4. The number of rotatable bonds is 4. The Hall–Kier alpha value is -2.16. The van der Waals surface area contributed by atoms with E-state index in [4.69, 9.17) is 21.0 Å². The Labute approximate surface area is 186 Å². The summed E-state index contributed by atoms with van der Waals surface area (Å²) in [5, 5.41) is 9.92. The standard InChI is InChI=1S/C21H19ClN4O2S2/c1-11-3-8-15-16(9-11)30-19-18(15)20(27)26(14-6-4-13(22)5-7-14)21(23-19)29-10-17-25-24-12(2)28-17/h4-7,11H,3,8-10H2,1-2H3. The Kier molecular flexibility index (Phi) is 5.16. The van der Waals surface area contributed by atoms with Gasteiger partial charge in [0.2, 0.25) is 11.8 Å². The van der Waals surface area contributed by atoms with E-state index in [2.05, 4.69) is 17.1 Å². The first-order valence-electron chi connectivity index (χ1n) is 9.74. The summed E-state index contributed by atoms with van der Waals surface area (Å²) in [6.07, 6.45) is 3.05. The summed E-state index contributed by atoms with van der Waals surface area (Å²) in [7, 11) is 0. The summed E-state index contributed by atoms with van der Waals surface area (Å²) in [5.74, 6) is 2.10. The van der Waals surface area contributed by atoms with Crippen LogP contribution in [0.1, 0.15) is 35.6 Å². The first-order chi connectivity index (χ1) is 14.5. The molecule has 1 atom stereocenters. The van der Waals surface area contributed by atoms with Crippen LogP contribution in [0.25, 0.3) is 15.9 Å². The van der Waals surface area contributed by atoms with Crippen molar-refractivity contribution in [1.29, 1.82) is 0 Å². The van der Waals surface area contributed by atoms with Crippen molar-refractivity contribution in [2.75, 3.05) is 0 Å². The Morgan fingerprint density at radius 1 is 1.30 bits per heavy atom. The van der Waals surface area contributed by atoms with E-state index in [1.807, 2.05) is 12.1 Å². The van der Waals surface area contributed by atoms with Crippen molar-refractivity contribution in [3.63, 3.8) is 0 Å². The van der Waals surface area contributed by atoms with E-state index in [0.29, 0.717) is 33.6 Å². The summed E-state index contributed by atoms with van der Waals surface area (Å²) in [4.78, 5) is 20.7. The maximum absolute atomic E-state index is 13.7. The van der Waals surface area contributed by atoms with Crippen LogP contribution >= 0.6 is 34.7 Å². The first kappa shape index (κ1) is 19.8. The lowest BCUT2D eigenvalue weighted by molar-refractivity contribution is 0.485. The number of benzene rings is 1. The van der Waals surface area contributed by atoms with Crippen molar-refractivity contribution >= 4 is 44.9 Å². The van der Waals surface area contributed by atoms with E-state index >= 15 is 0 Å². The number of aryl methyl sites for hydroxylation is 2. The largest absolute Gasteiger partial charge is 0.425 e. The highest BCUT2D eigenvalue weighted by Crippen LogP contribution is 2.37. The highest BCUT2D eigenvalue weighted by Gasteiger charge is 2.25. The fraction of sp³-hybridized carbons (Fsp3) is 0.333. The summed E-state index contributed by atoms with van der Waals surface area (Å²) in [6.45, 7) is 4.02. The minimum absolute atomic E-state index is 0.0291. The molecule has 3 aromatic heterocycles. The normalized spacial score (nSPS) is 16.2. The third kappa shape index (κ3) is 3.57. The van der Waals surface area contributed by atoms with Crippen molar-refractivity contribution in [1.82, 2.24) is 19.7 Å². The third-order valence-electron chi connectivity index (χ3n) is 5.28. The number of fused-ring (bicyclic) bond motifs is 3. The smallest absolute Gasteiger partial charge is 0.267 e. The second-order valence-corrected chi connectivity index (χ2v) is 10.0. The van der Waals surface area contributed by atoms with Gasteiger partial charge in [-0.25, -0.2) is 4.98 Å². The quantitative estimate of drug-likeness (QED) is 0.308. The highest BCUT2D eigenvalue weighted by molar-refractivity contribution is 7.98. The van der Waals surface area contributed by atoms with Gasteiger partial charge in [-0.2, -0.15) is 0 Å². The molecule has 0 amide bonds. The van der Waals surface area contributed by atoms with Crippen molar-refractivity contribution < 1.29 is 4.42 Å². The Balaban J connectivity index is 1.67. The lowest BCUT2D eigenvalue weighted by Gasteiger charge is -2.17. The van der Waals surface area contributed by atoms with Gasteiger partial charge in [0.1, 0.15) is 4.83 Å². The van der Waals surface area contributed by atoms with Gasteiger partial charge in [0, 0.05) is 16.8 Å². The Morgan fingerprint density at radius 2 is 2.10 bits per heavy atom. The number of halogens is 1. The molecule has 1 aliphatic carbocycles. The molecule has 0 spiro atoms. The molecule has 30 heavy (non-hydrogen) atoms. The van der Waals surface area contributed by atoms with Crippen LogP contribution in [0.3, 0.4) is 0 Å². The summed E-state index contributed by atoms with van der Waals surface area (Å²) in [6, 6.07) is 7.26. The number of hydrogen-bond acceptors (Lipinski definition) is 7. The van der Waals surface area contributed by atoms with E-state index in [-0.39, 0.29) is 5.56 Å². The third-order valence-corrected chi connectivity index (χ3v) is 7.60. The van der Waals surface area contributed by atoms with Crippen LogP contribution in [0.15, 0.2) is 38.6 Å². The van der Waals surface area contributed by atoms with E-state index in [0.717, 1.165) is 35.2 Å². The van der Waals surface area contributed by atoms with E-state index in [1.54, 1.807) is 35.0 Å². The molecule has 1 aromatic carbocycles. The summed E-state index contributed by atoms with van der Waals surface area (Å²) < 4.78 is 7.17. The highest BCUT2D eigenvalue weighted by atomic mass is 35.5. The second kappa shape index (κ2) is 7.83. The lowest BCUT2D eigenvalue weighted by Crippen LogP contribution is -2.22. The van der Waals surface area contributed by atoms with Crippen molar-refractivity contribution in [3.05, 3.63) is 61.9 Å². The number of thiophene rings is 1. The fourth-order valence-electron chi connectivity index (χ4n) is 3.81. The van der Waals surface area contributed by atoms with Gasteiger partial charge in [0.15, 0.2) is 5.16 Å². The summed E-state index contributed by atoms with van der Waals surface area (Å²) in [5.41, 5.74) is 1.89. The van der Waals surface area contributed by atoms with Gasteiger partial charge in [0.25, 0.3) is 5.56 Å². The zero-order valence-corrected chi connectivity index (χ0v) is 18.9. The molecule has 4 aromatic rings. The molecule has 1 aliphatic rings.